The quantitative estimate of drug-likeness (QED) is 0.766. The van der Waals surface area contributed by atoms with Crippen LogP contribution in [0.15, 0.2) is 24.3 Å². The summed E-state index contributed by atoms with van der Waals surface area (Å²) in [7, 11) is 0. The number of carbonyl (C=O) groups excluding carboxylic acids is 4. The second-order valence-electron chi connectivity index (χ2n) is 9.41. The van der Waals surface area contributed by atoms with E-state index in [9.17, 15) is 19.2 Å². The number of hydrogen-bond acceptors (Lipinski definition) is 4. The SMILES string of the molecule is CC(=O)Nc1cccc(C(=O)NC2CCN(C(=O)C3CC(=O)N(C(C)(C)C)C3)CC2)c1. The predicted molar refractivity (Wildman–Crippen MR) is 117 cm³/mol. The largest absolute Gasteiger partial charge is 0.349 e. The van der Waals surface area contributed by atoms with Crippen molar-refractivity contribution in [2.75, 3.05) is 25.0 Å². The lowest BCUT2D eigenvalue weighted by Crippen LogP contribution is -2.48. The molecule has 1 aromatic rings. The zero-order chi connectivity index (χ0) is 22.8. The molecule has 0 radical (unpaired) electrons. The van der Waals surface area contributed by atoms with Crippen molar-refractivity contribution >= 4 is 29.3 Å². The van der Waals surface area contributed by atoms with E-state index in [1.807, 2.05) is 25.7 Å². The zero-order valence-electron chi connectivity index (χ0n) is 18.7. The minimum Gasteiger partial charge on any atom is -0.349 e. The zero-order valence-corrected chi connectivity index (χ0v) is 18.7. The fraction of sp³-hybridized carbons (Fsp3) is 0.565. The summed E-state index contributed by atoms with van der Waals surface area (Å²) in [5, 5.41) is 5.70. The lowest BCUT2D eigenvalue weighted by Gasteiger charge is -2.35. The van der Waals surface area contributed by atoms with Crippen molar-refractivity contribution in [3.63, 3.8) is 0 Å². The van der Waals surface area contributed by atoms with Gasteiger partial charge in [-0.05, 0) is 51.8 Å². The van der Waals surface area contributed by atoms with Crippen molar-refractivity contribution in [2.24, 2.45) is 5.92 Å². The number of nitrogens with one attached hydrogen (secondary N) is 2. The van der Waals surface area contributed by atoms with Crippen molar-refractivity contribution in [1.82, 2.24) is 15.1 Å². The van der Waals surface area contributed by atoms with Crippen LogP contribution in [0.1, 0.15) is 57.3 Å². The first kappa shape index (κ1) is 22.8. The molecule has 0 aliphatic carbocycles. The van der Waals surface area contributed by atoms with Gasteiger partial charge in [-0.3, -0.25) is 19.2 Å². The molecular weight excluding hydrogens is 396 g/mol. The highest BCUT2D eigenvalue weighted by Gasteiger charge is 2.41. The third-order valence-electron chi connectivity index (χ3n) is 5.87. The Morgan fingerprint density at radius 2 is 1.77 bits per heavy atom. The summed E-state index contributed by atoms with van der Waals surface area (Å²) in [5.41, 5.74) is 0.785. The van der Waals surface area contributed by atoms with E-state index in [0.29, 0.717) is 43.7 Å². The van der Waals surface area contributed by atoms with Crippen LogP contribution in [0.4, 0.5) is 5.69 Å². The van der Waals surface area contributed by atoms with Gasteiger partial charge in [-0.1, -0.05) is 6.07 Å². The third-order valence-corrected chi connectivity index (χ3v) is 5.87. The van der Waals surface area contributed by atoms with Crippen LogP contribution in [0.2, 0.25) is 0 Å². The summed E-state index contributed by atoms with van der Waals surface area (Å²) in [6, 6.07) is 6.80. The lowest BCUT2D eigenvalue weighted by molar-refractivity contribution is -0.136. The van der Waals surface area contributed by atoms with E-state index in [2.05, 4.69) is 10.6 Å². The molecule has 4 amide bonds. The van der Waals surface area contributed by atoms with E-state index in [0.717, 1.165) is 0 Å². The van der Waals surface area contributed by atoms with Crippen LogP contribution in [-0.2, 0) is 14.4 Å². The number of likely N-dealkylation sites (tertiary alicyclic amines) is 2. The summed E-state index contributed by atoms with van der Waals surface area (Å²) in [4.78, 5) is 52.6. The highest BCUT2D eigenvalue weighted by Crippen LogP contribution is 2.28. The summed E-state index contributed by atoms with van der Waals surface area (Å²) in [6.07, 6.45) is 1.62. The van der Waals surface area contributed by atoms with E-state index in [1.54, 1.807) is 29.2 Å². The first-order chi connectivity index (χ1) is 14.5. The Morgan fingerprint density at radius 1 is 1.10 bits per heavy atom. The van der Waals surface area contributed by atoms with Gasteiger partial charge in [0.05, 0.1) is 5.92 Å². The van der Waals surface area contributed by atoms with Crippen LogP contribution in [0.5, 0.6) is 0 Å². The topological polar surface area (TPSA) is 98.8 Å². The molecule has 2 aliphatic rings. The molecule has 0 aromatic heterocycles. The van der Waals surface area contributed by atoms with Gasteiger partial charge in [0.25, 0.3) is 5.91 Å². The molecule has 2 N–H and O–H groups in total. The van der Waals surface area contributed by atoms with E-state index < -0.39 is 0 Å². The lowest BCUT2D eigenvalue weighted by atomic mass is 10.0. The number of nitrogens with zero attached hydrogens (tertiary/aromatic N) is 2. The minimum absolute atomic E-state index is 0.0164. The molecule has 8 nitrogen and oxygen atoms in total. The van der Waals surface area contributed by atoms with Gasteiger partial charge >= 0.3 is 0 Å². The van der Waals surface area contributed by atoms with E-state index >= 15 is 0 Å². The van der Waals surface area contributed by atoms with E-state index in [1.165, 1.54) is 6.92 Å². The Bertz CT molecular complexity index is 869. The molecular formula is C23H32N4O4. The number of amides is 4. The van der Waals surface area contributed by atoms with Crippen LogP contribution in [0.25, 0.3) is 0 Å². The monoisotopic (exact) mass is 428 g/mol. The van der Waals surface area contributed by atoms with Gasteiger partial charge in [0.15, 0.2) is 0 Å². The number of piperidine rings is 1. The Balaban J connectivity index is 1.51. The van der Waals surface area contributed by atoms with Gasteiger partial charge in [0.1, 0.15) is 0 Å². The number of benzene rings is 1. The fourth-order valence-corrected chi connectivity index (χ4v) is 4.23. The molecule has 2 aliphatic heterocycles. The Hall–Kier alpha value is -2.90. The standard InChI is InChI=1S/C23H32N4O4/c1-15(28)24-19-7-5-6-16(12-19)21(30)25-18-8-10-26(11-9-18)22(31)17-13-20(29)27(14-17)23(2,3)4/h5-7,12,17-18H,8-11,13-14H2,1-4H3,(H,24,28)(H,25,30). The molecule has 1 unspecified atom stereocenters. The van der Waals surface area contributed by atoms with Crippen LogP contribution < -0.4 is 10.6 Å². The van der Waals surface area contributed by atoms with Crippen molar-refractivity contribution in [2.45, 2.75) is 58.5 Å². The number of anilines is 1. The van der Waals surface area contributed by atoms with Crippen molar-refractivity contribution in [3.8, 4) is 0 Å². The maximum atomic E-state index is 12.9. The first-order valence-electron chi connectivity index (χ1n) is 10.8. The van der Waals surface area contributed by atoms with Crippen LogP contribution in [0, 0.1) is 5.92 Å². The second-order valence-corrected chi connectivity index (χ2v) is 9.41. The van der Waals surface area contributed by atoms with Crippen LogP contribution >= 0.6 is 0 Å². The third kappa shape index (κ3) is 5.62. The van der Waals surface area contributed by atoms with Crippen LogP contribution in [0.3, 0.4) is 0 Å². The van der Waals surface area contributed by atoms with Gasteiger partial charge in [0, 0.05) is 55.8 Å². The first-order valence-corrected chi connectivity index (χ1v) is 10.8. The molecule has 0 spiro atoms. The summed E-state index contributed by atoms with van der Waals surface area (Å²) < 4.78 is 0. The van der Waals surface area contributed by atoms with Gasteiger partial charge in [-0.2, -0.15) is 0 Å². The smallest absolute Gasteiger partial charge is 0.251 e. The highest BCUT2D eigenvalue weighted by molar-refractivity contribution is 5.97. The Morgan fingerprint density at radius 3 is 2.35 bits per heavy atom. The maximum Gasteiger partial charge on any atom is 0.251 e. The second kappa shape index (κ2) is 9.08. The summed E-state index contributed by atoms with van der Waals surface area (Å²) >= 11 is 0. The average Bonchev–Trinajstić information content (AvgIpc) is 3.10. The molecule has 0 bridgehead atoms. The Labute approximate surface area is 183 Å². The molecule has 1 atom stereocenters. The van der Waals surface area contributed by atoms with Crippen molar-refractivity contribution in [3.05, 3.63) is 29.8 Å². The summed E-state index contributed by atoms with van der Waals surface area (Å²) in [5.74, 6) is -0.597. The summed E-state index contributed by atoms with van der Waals surface area (Å²) in [6.45, 7) is 8.98. The number of carbonyl (C=O) groups is 4. The normalized spacial score (nSPS) is 20.0. The fourth-order valence-electron chi connectivity index (χ4n) is 4.23. The maximum absolute atomic E-state index is 12.9. The molecule has 2 fully saturated rings. The van der Waals surface area contributed by atoms with Crippen molar-refractivity contribution < 1.29 is 19.2 Å². The van der Waals surface area contributed by atoms with Gasteiger partial charge < -0.3 is 20.4 Å². The van der Waals surface area contributed by atoms with Gasteiger partial charge in [-0.25, -0.2) is 0 Å². The minimum atomic E-state index is -0.283. The molecule has 8 heteroatoms. The van der Waals surface area contributed by atoms with Crippen LogP contribution in [-0.4, -0.2) is 64.6 Å². The molecule has 1 aromatic carbocycles. The molecule has 31 heavy (non-hydrogen) atoms. The van der Waals surface area contributed by atoms with E-state index in [-0.39, 0.29) is 47.5 Å². The van der Waals surface area contributed by atoms with Gasteiger partial charge in [-0.15, -0.1) is 0 Å². The van der Waals surface area contributed by atoms with Gasteiger partial charge in [0.2, 0.25) is 17.7 Å². The average molecular weight is 429 g/mol. The van der Waals surface area contributed by atoms with E-state index in [4.69, 9.17) is 0 Å². The molecule has 168 valence electrons. The predicted octanol–water partition coefficient (Wildman–Crippen LogP) is 2.01. The molecule has 0 saturated carbocycles. The highest BCUT2D eigenvalue weighted by atomic mass is 16.2. The molecule has 3 rings (SSSR count). The molecule has 2 heterocycles. The van der Waals surface area contributed by atoms with Crippen molar-refractivity contribution in [1.29, 1.82) is 0 Å². The number of hydrogen-bond donors (Lipinski definition) is 2. The molecule has 2 saturated heterocycles. The Kier molecular flexibility index (Phi) is 6.67. The number of rotatable bonds is 4.